The molecule has 0 bridgehead atoms. The van der Waals surface area contributed by atoms with Crippen molar-refractivity contribution in [2.75, 3.05) is 0 Å². The quantitative estimate of drug-likeness (QED) is 0.504. The Bertz CT molecular complexity index is 1110. The van der Waals surface area contributed by atoms with Gasteiger partial charge in [0.2, 0.25) is 5.78 Å². The van der Waals surface area contributed by atoms with Crippen molar-refractivity contribution in [1.29, 1.82) is 0 Å². The fourth-order valence-corrected chi connectivity index (χ4v) is 4.63. The summed E-state index contributed by atoms with van der Waals surface area (Å²) in [6.07, 6.45) is 2.13. The summed E-state index contributed by atoms with van der Waals surface area (Å²) in [6.45, 7) is 2.16. The number of rotatable bonds is 5. The molecule has 0 N–H and O–H groups in total. The number of para-hydroxylation sites is 1. The van der Waals surface area contributed by atoms with Crippen molar-refractivity contribution in [3.63, 3.8) is 0 Å². The fraction of sp³-hybridized carbons (Fsp3) is 0.294. The van der Waals surface area contributed by atoms with E-state index in [-0.39, 0.29) is 5.56 Å². The molecule has 0 radical (unpaired) electrons. The standard InChI is InChI=1S/C17H17N5OS2/c1-3-6-14-18-11(9-24-14)10-25-17-20-19-16-21(2)15(23)12-7-4-5-8-13(12)22(16)17/h4-5,7-9H,3,6,10H2,1-2H3. The van der Waals surface area contributed by atoms with Gasteiger partial charge < -0.3 is 0 Å². The Labute approximate surface area is 152 Å². The van der Waals surface area contributed by atoms with Gasteiger partial charge in [0, 0.05) is 18.2 Å². The molecule has 4 rings (SSSR count). The zero-order valence-electron chi connectivity index (χ0n) is 14.0. The Morgan fingerprint density at radius 1 is 1.24 bits per heavy atom. The van der Waals surface area contributed by atoms with Crippen LogP contribution in [0, 0.1) is 0 Å². The Morgan fingerprint density at radius 2 is 2.08 bits per heavy atom. The van der Waals surface area contributed by atoms with E-state index in [1.54, 1.807) is 34.7 Å². The van der Waals surface area contributed by atoms with Gasteiger partial charge in [0.1, 0.15) is 0 Å². The summed E-state index contributed by atoms with van der Waals surface area (Å²) >= 11 is 3.30. The van der Waals surface area contributed by atoms with Gasteiger partial charge in [-0.2, -0.15) is 0 Å². The maximum Gasteiger partial charge on any atom is 0.262 e. The molecule has 3 aromatic heterocycles. The van der Waals surface area contributed by atoms with Crippen LogP contribution in [-0.4, -0.2) is 24.1 Å². The minimum absolute atomic E-state index is 0.0595. The van der Waals surface area contributed by atoms with Crippen LogP contribution >= 0.6 is 23.1 Å². The van der Waals surface area contributed by atoms with Crippen molar-refractivity contribution < 1.29 is 0 Å². The van der Waals surface area contributed by atoms with E-state index in [4.69, 9.17) is 0 Å². The first kappa shape index (κ1) is 16.3. The van der Waals surface area contributed by atoms with Crippen LogP contribution in [-0.2, 0) is 19.2 Å². The van der Waals surface area contributed by atoms with E-state index < -0.39 is 0 Å². The van der Waals surface area contributed by atoms with Crippen LogP contribution in [0.1, 0.15) is 24.0 Å². The summed E-state index contributed by atoms with van der Waals surface area (Å²) in [5.41, 5.74) is 1.83. The smallest absolute Gasteiger partial charge is 0.262 e. The van der Waals surface area contributed by atoms with Crippen LogP contribution in [0.25, 0.3) is 16.7 Å². The zero-order chi connectivity index (χ0) is 17.4. The molecule has 0 aliphatic rings. The number of aromatic nitrogens is 5. The average Bonchev–Trinajstić information content (AvgIpc) is 3.25. The van der Waals surface area contributed by atoms with Crippen LogP contribution in [0.4, 0.5) is 0 Å². The number of nitrogens with zero attached hydrogens (tertiary/aromatic N) is 5. The van der Waals surface area contributed by atoms with Crippen LogP contribution in [0.2, 0.25) is 0 Å². The Hall–Kier alpha value is -2.19. The molecule has 8 heteroatoms. The topological polar surface area (TPSA) is 65.1 Å². The van der Waals surface area contributed by atoms with Crippen LogP contribution in [0.15, 0.2) is 39.6 Å². The van der Waals surface area contributed by atoms with Gasteiger partial charge in [-0.05, 0) is 25.0 Å². The molecule has 0 saturated carbocycles. The summed E-state index contributed by atoms with van der Waals surface area (Å²) < 4.78 is 3.49. The van der Waals surface area contributed by atoms with Gasteiger partial charge in [0.15, 0.2) is 5.16 Å². The maximum absolute atomic E-state index is 12.5. The molecule has 0 unspecified atom stereocenters. The number of benzene rings is 1. The molecule has 4 aromatic rings. The van der Waals surface area contributed by atoms with Gasteiger partial charge in [-0.3, -0.25) is 13.8 Å². The Balaban J connectivity index is 1.74. The van der Waals surface area contributed by atoms with Crippen molar-refractivity contribution in [1.82, 2.24) is 24.1 Å². The normalized spacial score (nSPS) is 11.6. The summed E-state index contributed by atoms with van der Waals surface area (Å²) in [5.74, 6) is 1.29. The highest BCUT2D eigenvalue weighted by molar-refractivity contribution is 7.98. The summed E-state index contributed by atoms with van der Waals surface area (Å²) in [7, 11) is 1.73. The van der Waals surface area contributed by atoms with E-state index in [0.717, 1.165) is 35.0 Å². The number of thiazole rings is 1. The SMILES string of the molecule is CCCc1nc(CSc2nnc3n(C)c(=O)c4ccccc4n23)cs1. The summed E-state index contributed by atoms with van der Waals surface area (Å²) in [5, 5.41) is 13.2. The lowest BCUT2D eigenvalue weighted by Gasteiger charge is -2.07. The molecule has 25 heavy (non-hydrogen) atoms. The number of fused-ring (bicyclic) bond motifs is 3. The first-order chi connectivity index (χ1) is 12.2. The van der Waals surface area contributed by atoms with E-state index in [9.17, 15) is 4.79 Å². The minimum atomic E-state index is -0.0595. The molecule has 0 saturated heterocycles. The number of thioether (sulfide) groups is 1. The second-order valence-electron chi connectivity index (χ2n) is 5.77. The first-order valence-electron chi connectivity index (χ1n) is 8.08. The van der Waals surface area contributed by atoms with E-state index >= 15 is 0 Å². The zero-order valence-corrected chi connectivity index (χ0v) is 15.6. The molecule has 128 valence electrons. The van der Waals surface area contributed by atoms with Crippen molar-refractivity contribution >= 4 is 39.8 Å². The highest BCUT2D eigenvalue weighted by atomic mass is 32.2. The van der Waals surface area contributed by atoms with Gasteiger partial charge in [0.05, 0.1) is 21.6 Å². The molecule has 0 fully saturated rings. The maximum atomic E-state index is 12.5. The van der Waals surface area contributed by atoms with E-state index in [1.165, 1.54) is 5.01 Å². The molecule has 0 amide bonds. The van der Waals surface area contributed by atoms with Crippen molar-refractivity contribution in [2.24, 2.45) is 7.05 Å². The Morgan fingerprint density at radius 3 is 2.92 bits per heavy atom. The van der Waals surface area contributed by atoms with Gasteiger partial charge in [-0.15, -0.1) is 21.5 Å². The van der Waals surface area contributed by atoms with Gasteiger partial charge >= 0.3 is 0 Å². The van der Waals surface area contributed by atoms with Gasteiger partial charge in [0.25, 0.3) is 5.56 Å². The van der Waals surface area contributed by atoms with Crippen molar-refractivity contribution in [3.05, 3.63) is 50.7 Å². The van der Waals surface area contributed by atoms with Crippen LogP contribution in [0.5, 0.6) is 0 Å². The Kier molecular flexibility index (Phi) is 4.30. The second kappa shape index (κ2) is 6.61. The van der Waals surface area contributed by atoms with Gasteiger partial charge in [-0.25, -0.2) is 4.98 Å². The average molecular weight is 371 g/mol. The third kappa shape index (κ3) is 2.85. The number of hydrogen-bond acceptors (Lipinski definition) is 6. The molecule has 0 aliphatic heterocycles. The second-order valence-corrected chi connectivity index (χ2v) is 7.66. The fourth-order valence-electron chi connectivity index (χ4n) is 2.79. The van der Waals surface area contributed by atoms with Crippen LogP contribution < -0.4 is 5.56 Å². The predicted molar refractivity (Wildman–Crippen MR) is 101 cm³/mol. The number of hydrogen-bond donors (Lipinski definition) is 0. The summed E-state index contributed by atoms with van der Waals surface area (Å²) in [6, 6.07) is 7.56. The first-order valence-corrected chi connectivity index (χ1v) is 9.94. The molecule has 0 spiro atoms. The number of aryl methyl sites for hydroxylation is 2. The summed E-state index contributed by atoms with van der Waals surface area (Å²) in [4.78, 5) is 17.1. The van der Waals surface area contributed by atoms with E-state index in [2.05, 4.69) is 27.5 Å². The molecule has 0 atom stereocenters. The molecular formula is C17H17N5OS2. The third-order valence-electron chi connectivity index (χ3n) is 4.01. The molecule has 0 aliphatic carbocycles. The van der Waals surface area contributed by atoms with E-state index in [1.807, 2.05) is 28.7 Å². The lowest BCUT2D eigenvalue weighted by Crippen LogP contribution is -2.20. The molecule has 3 heterocycles. The lowest BCUT2D eigenvalue weighted by molar-refractivity contribution is 0.853. The van der Waals surface area contributed by atoms with Crippen molar-refractivity contribution in [2.45, 2.75) is 30.7 Å². The predicted octanol–water partition coefficient (Wildman–Crippen LogP) is 3.28. The molecule has 1 aromatic carbocycles. The highest BCUT2D eigenvalue weighted by Gasteiger charge is 2.15. The largest absolute Gasteiger partial charge is 0.279 e. The van der Waals surface area contributed by atoms with Crippen LogP contribution in [0.3, 0.4) is 0 Å². The third-order valence-corrected chi connectivity index (χ3v) is 5.93. The monoisotopic (exact) mass is 371 g/mol. The van der Waals surface area contributed by atoms with E-state index in [0.29, 0.717) is 11.2 Å². The lowest BCUT2D eigenvalue weighted by atomic mass is 10.2. The van der Waals surface area contributed by atoms with Gasteiger partial charge in [-0.1, -0.05) is 30.8 Å². The van der Waals surface area contributed by atoms with Crippen molar-refractivity contribution in [3.8, 4) is 0 Å². The molecular weight excluding hydrogens is 354 g/mol. The minimum Gasteiger partial charge on any atom is -0.279 e. The highest BCUT2D eigenvalue weighted by Crippen LogP contribution is 2.25. The molecule has 6 nitrogen and oxygen atoms in total.